The van der Waals surface area contributed by atoms with Crippen molar-refractivity contribution in [3.8, 4) is 0 Å². The molecular formula is C22H20Cl2O3. The third-order valence-corrected chi connectivity index (χ3v) is 5.72. The number of hydrogen-bond donors (Lipinski definition) is 0. The Morgan fingerprint density at radius 2 is 1.85 bits per heavy atom. The largest absolute Gasteiger partial charge is 0.496 e. The first-order chi connectivity index (χ1) is 13.1. The number of rotatable bonds is 4. The molecule has 3 unspecified atom stereocenters. The first kappa shape index (κ1) is 18.5. The van der Waals surface area contributed by atoms with Crippen LogP contribution in [0.5, 0.6) is 0 Å². The SMILES string of the molecule is O=C1C(c2ccc(Cl)cc2)=COC2CC(OCc3cccc(Cl)c3)CCC12. The second-order valence-electron chi connectivity index (χ2n) is 7.06. The van der Waals surface area contributed by atoms with E-state index in [4.69, 9.17) is 32.7 Å². The Balaban J connectivity index is 1.39. The highest BCUT2D eigenvalue weighted by molar-refractivity contribution is 6.31. The number of carbonyl (C=O) groups is 1. The Morgan fingerprint density at radius 1 is 1.04 bits per heavy atom. The van der Waals surface area contributed by atoms with E-state index in [0.29, 0.717) is 22.2 Å². The molecule has 0 N–H and O–H groups in total. The zero-order valence-electron chi connectivity index (χ0n) is 14.7. The molecule has 5 heteroatoms. The van der Waals surface area contributed by atoms with Gasteiger partial charge in [-0.05, 0) is 48.2 Å². The first-order valence-corrected chi connectivity index (χ1v) is 9.87. The van der Waals surface area contributed by atoms with Crippen LogP contribution in [0.4, 0.5) is 0 Å². The summed E-state index contributed by atoms with van der Waals surface area (Å²) in [5.41, 5.74) is 2.53. The van der Waals surface area contributed by atoms with Gasteiger partial charge in [0, 0.05) is 16.5 Å². The van der Waals surface area contributed by atoms with Crippen LogP contribution >= 0.6 is 23.2 Å². The van der Waals surface area contributed by atoms with Crippen molar-refractivity contribution in [2.75, 3.05) is 0 Å². The van der Waals surface area contributed by atoms with Crippen LogP contribution in [0.2, 0.25) is 10.0 Å². The summed E-state index contributed by atoms with van der Waals surface area (Å²) < 4.78 is 12.0. The highest BCUT2D eigenvalue weighted by atomic mass is 35.5. The van der Waals surface area contributed by atoms with Gasteiger partial charge in [0.1, 0.15) is 6.10 Å². The predicted molar refractivity (Wildman–Crippen MR) is 107 cm³/mol. The van der Waals surface area contributed by atoms with E-state index in [9.17, 15) is 4.79 Å². The highest BCUT2D eigenvalue weighted by Gasteiger charge is 2.40. The van der Waals surface area contributed by atoms with Crippen LogP contribution in [0.25, 0.3) is 5.57 Å². The van der Waals surface area contributed by atoms with E-state index >= 15 is 0 Å². The standard InChI is InChI=1S/C22H20Cl2O3/c23-16-6-4-15(5-7-16)20-13-27-21-11-18(8-9-19(21)22(20)25)26-12-14-2-1-3-17(24)10-14/h1-7,10,13,18-19,21H,8-9,11-12H2. The zero-order chi connectivity index (χ0) is 18.8. The number of carbonyl (C=O) groups excluding carboxylic acids is 1. The van der Waals surface area contributed by atoms with Crippen molar-refractivity contribution in [3.63, 3.8) is 0 Å². The first-order valence-electron chi connectivity index (χ1n) is 9.12. The monoisotopic (exact) mass is 402 g/mol. The third-order valence-electron chi connectivity index (χ3n) is 5.24. The Bertz CT molecular complexity index is 860. The van der Waals surface area contributed by atoms with Crippen LogP contribution in [-0.4, -0.2) is 18.0 Å². The number of allylic oxidation sites excluding steroid dienone is 1. The second-order valence-corrected chi connectivity index (χ2v) is 7.93. The van der Waals surface area contributed by atoms with Crippen molar-refractivity contribution in [1.29, 1.82) is 0 Å². The summed E-state index contributed by atoms with van der Waals surface area (Å²) in [4.78, 5) is 12.9. The van der Waals surface area contributed by atoms with Gasteiger partial charge in [0.2, 0.25) is 0 Å². The molecule has 0 spiro atoms. The number of halogens is 2. The molecule has 3 atom stereocenters. The van der Waals surface area contributed by atoms with E-state index in [1.54, 1.807) is 18.4 Å². The van der Waals surface area contributed by atoms with E-state index in [1.807, 2.05) is 36.4 Å². The molecule has 27 heavy (non-hydrogen) atoms. The number of Topliss-reactive ketones (excluding diaryl/α,β-unsaturated/α-hetero) is 1. The lowest BCUT2D eigenvalue weighted by molar-refractivity contribution is -0.128. The van der Waals surface area contributed by atoms with Crippen molar-refractivity contribution in [2.45, 2.75) is 38.1 Å². The lowest BCUT2D eigenvalue weighted by atomic mass is 9.78. The summed E-state index contributed by atoms with van der Waals surface area (Å²) in [6, 6.07) is 15.0. The fourth-order valence-electron chi connectivity index (χ4n) is 3.79. The Morgan fingerprint density at radius 3 is 2.63 bits per heavy atom. The third kappa shape index (κ3) is 4.21. The molecule has 2 aliphatic rings. The number of fused-ring (bicyclic) bond motifs is 1. The van der Waals surface area contributed by atoms with Crippen LogP contribution in [-0.2, 0) is 20.9 Å². The molecule has 2 aromatic rings. The summed E-state index contributed by atoms with van der Waals surface area (Å²) >= 11 is 12.0. The number of ketones is 1. The molecule has 4 rings (SSSR count). The molecule has 1 saturated carbocycles. The van der Waals surface area contributed by atoms with Gasteiger partial charge in [-0.2, -0.15) is 0 Å². The van der Waals surface area contributed by atoms with Crippen molar-refractivity contribution >= 4 is 34.6 Å². The van der Waals surface area contributed by atoms with E-state index in [-0.39, 0.29) is 23.9 Å². The van der Waals surface area contributed by atoms with E-state index in [2.05, 4.69) is 0 Å². The van der Waals surface area contributed by atoms with Gasteiger partial charge in [-0.3, -0.25) is 4.79 Å². The Hall–Kier alpha value is -1.81. The molecule has 3 nitrogen and oxygen atoms in total. The van der Waals surface area contributed by atoms with Gasteiger partial charge in [0.25, 0.3) is 0 Å². The minimum absolute atomic E-state index is 0.0866. The molecule has 0 bridgehead atoms. The molecule has 0 radical (unpaired) electrons. The maximum atomic E-state index is 12.9. The van der Waals surface area contributed by atoms with Crippen LogP contribution in [0.3, 0.4) is 0 Å². The lowest BCUT2D eigenvalue weighted by Gasteiger charge is -2.37. The van der Waals surface area contributed by atoms with Crippen LogP contribution < -0.4 is 0 Å². The summed E-state index contributed by atoms with van der Waals surface area (Å²) in [7, 11) is 0. The van der Waals surface area contributed by atoms with Crippen molar-refractivity contribution < 1.29 is 14.3 Å². The minimum atomic E-state index is -0.119. The fraction of sp³-hybridized carbons (Fsp3) is 0.318. The average Bonchev–Trinajstić information content (AvgIpc) is 2.68. The topological polar surface area (TPSA) is 35.5 Å². The van der Waals surface area contributed by atoms with Crippen LogP contribution in [0, 0.1) is 5.92 Å². The molecule has 140 valence electrons. The highest BCUT2D eigenvalue weighted by Crippen LogP contribution is 2.37. The van der Waals surface area contributed by atoms with Crippen LogP contribution in [0.15, 0.2) is 54.8 Å². The number of benzene rings is 2. The Kier molecular flexibility index (Phi) is 5.53. The maximum Gasteiger partial charge on any atom is 0.173 e. The number of hydrogen-bond acceptors (Lipinski definition) is 3. The van der Waals surface area contributed by atoms with Gasteiger partial charge in [0.15, 0.2) is 5.78 Å². The zero-order valence-corrected chi connectivity index (χ0v) is 16.2. The average molecular weight is 403 g/mol. The molecule has 0 amide bonds. The quantitative estimate of drug-likeness (QED) is 0.658. The molecule has 1 aliphatic carbocycles. The normalized spacial score (nSPS) is 24.7. The molecule has 0 saturated heterocycles. The molecule has 0 aromatic heterocycles. The van der Waals surface area contributed by atoms with Crippen molar-refractivity contribution in [2.24, 2.45) is 5.92 Å². The number of ether oxygens (including phenoxy) is 2. The van der Waals surface area contributed by atoms with E-state index in [1.165, 1.54) is 0 Å². The van der Waals surface area contributed by atoms with Gasteiger partial charge >= 0.3 is 0 Å². The predicted octanol–water partition coefficient (Wildman–Crippen LogP) is 5.69. The molecule has 2 aromatic carbocycles. The summed E-state index contributed by atoms with van der Waals surface area (Å²) in [6.45, 7) is 0.516. The molecule has 1 heterocycles. The summed E-state index contributed by atoms with van der Waals surface area (Å²) in [6.07, 6.45) is 3.92. The molecule has 1 fully saturated rings. The Labute approximate surface area is 168 Å². The van der Waals surface area contributed by atoms with E-state index in [0.717, 1.165) is 30.4 Å². The van der Waals surface area contributed by atoms with Gasteiger partial charge in [-0.1, -0.05) is 47.5 Å². The van der Waals surface area contributed by atoms with E-state index < -0.39 is 0 Å². The second kappa shape index (κ2) is 8.05. The fourth-order valence-corrected chi connectivity index (χ4v) is 4.13. The molecule has 1 aliphatic heterocycles. The van der Waals surface area contributed by atoms with Gasteiger partial charge in [-0.25, -0.2) is 0 Å². The molecular weight excluding hydrogens is 383 g/mol. The van der Waals surface area contributed by atoms with Crippen molar-refractivity contribution in [1.82, 2.24) is 0 Å². The smallest absolute Gasteiger partial charge is 0.173 e. The van der Waals surface area contributed by atoms with Gasteiger partial charge in [0.05, 0.1) is 30.5 Å². The van der Waals surface area contributed by atoms with Gasteiger partial charge in [-0.15, -0.1) is 0 Å². The van der Waals surface area contributed by atoms with Crippen molar-refractivity contribution in [3.05, 3.63) is 76.0 Å². The lowest BCUT2D eigenvalue weighted by Crippen LogP contribution is -2.41. The maximum absolute atomic E-state index is 12.9. The van der Waals surface area contributed by atoms with Crippen LogP contribution in [0.1, 0.15) is 30.4 Å². The van der Waals surface area contributed by atoms with Gasteiger partial charge < -0.3 is 9.47 Å². The summed E-state index contributed by atoms with van der Waals surface area (Å²) in [5.74, 6) is 0.0496. The minimum Gasteiger partial charge on any atom is -0.496 e. The summed E-state index contributed by atoms with van der Waals surface area (Å²) in [5, 5.41) is 1.36.